The van der Waals surface area contributed by atoms with Crippen LogP contribution in [0.1, 0.15) is 21.6 Å². The molecule has 4 rings (SSSR count). The van der Waals surface area contributed by atoms with Crippen molar-refractivity contribution < 1.29 is 18.0 Å². The van der Waals surface area contributed by atoms with E-state index in [0.717, 1.165) is 17.7 Å². The Kier molecular flexibility index (Phi) is 4.71. The molecular formula is C20H14F3N5O. The Morgan fingerprint density at radius 3 is 2.69 bits per heavy atom. The summed E-state index contributed by atoms with van der Waals surface area (Å²) in [4.78, 5) is 20.7. The van der Waals surface area contributed by atoms with Gasteiger partial charge >= 0.3 is 6.18 Å². The van der Waals surface area contributed by atoms with Crippen LogP contribution >= 0.6 is 0 Å². The maximum atomic E-state index is 13.0. The SMILES string of the molecule is O=C(NCc1cccnc1)c1cnc2ccc(-c3cccc(C(F)(F)F)c3)nn12. The van der Waals surface area contributed by atoms with Crippen molar-refractivity contribution in [3.05, 3.63) is 83.9 Å². The summed E-state index contributed by atoms with van der Waals surface area (Å²) >= 11 is 0. The molecule has 0 fully saturated rings. The molecule has 4 aromatic rings. The standard InChI is InChI=1S/C20H14F3N5O/c21-20(22,23)15-5-1-4-14(9-15)16-6-7-18-25-12-17(28(18)27-16)19(29)26-11-13-3-2-8-24-10-13/h1-10,12H,11H2,(H,26,29). The van der Waals surface area contributed by atoms with Crippen molar-refractivity contribution in [1.82, 2.24) is 24.9 Å². The number of aromatic nitrogens is 4. The fourth-order valence-electron chi connectivity index (χ4n) is 2.81. The van der Waals surface area contributed by atoms with Gasteiger partial charge in [0.2, 0.25) is 0 Å². The minimum atomic E-state index is -4.45. The second-order valence-corrected chi connectivity index (χ2v) is 6.25. The number of alkyl halides is 3. The van der Waals surface area contributed by atoms with Gasteiger partial charge in [0.1, 0.15) is 5.69 Å². The number of carbonyl (C=O) groups is 1. The van der Waals surface area contributed by atoms with E-state index in [1.54, 1.807) is 30.6 Å². The summed E-state index contributed by atoms with van der Waals surface area (Å²) in [6.45, 7) is 0.271. The highest BCUT2D eigenvalue weighted by Crippen LogP contribution is 2.31. The summed E-state index contributed by atoms with van der Waals surface area (Å²) in [7, 11) is 0. The quantitative estimate of drug-likeness (QED) is 0.570. The zero-order valence-corrected chi connectivity index (χ0v) is 14.9. The molecule has 9 heteroatoms. The van der Waals surface area contributed by atoms with Crippen LogP contribution in [-0.4, -0.2) is 25.5 Å². The van der Waals surface area contributed by atoms with Crippen molar-refractivity contribution in [2.75, 3.05) is 0 Å². The van der Waals surface area contributed by atoms with E-state index in [-0.39, 0.29) is 17.8 Å². The number of fused-ring (bicyclic) bond motifs is 1. The van der Waals surface area contributed by atoms with E-state index in [0.29, 0.717) is 11.3 Å². The van der Waals surface area contributed by atoms with Crippen LogP contribution in [0.25, 0.3) is 16.9 Å². The summed E-state index contributed by atoms with van der Waals surface area (Å²) in [5.41, 5.74) is 1.23. The lowest BCUT2D eigenvalue weighted by atomic mass is 10.1. The summed E-state index contributed by atoms with van der Waals surface area (Å²) in [6.07, 6.45) is 0.192. The molecule has 146 valence electrons. The Morgan fingerprint density at radius 1 is 1.07 bits per heavy atom. The zero-order valence-electron chi connectivity index (χ0n) is 14.9. The smallest absolute Gasteiger partial charge is 0.347 e. The first-order chi connectivity index (χ1) is 13.9. The number of nitrogens with zero attached hydrogens (tertiary/aromatic N) is 4. The number of hydrogen-bond donors (Lipinski definition) is 1. The third-order valence-corrected chi connectivity index (χ3v) is 4.26. The molecule has 1 amide bonds. The Balaban J connectivity index is 1.64. The van der Waals surface area contributed by atoms with Gasteiger partial charge in [0.05, 0.1) is 17.5 Å². The van der Waals surface area contributed by atoms with Crippen LogP contribution in [-0.2, 0) is 12.7 Å². The molecule has 6 nitrogen and oxygen atoms in total. The fourth-order valence-corrected chi connectivity index (χ4v) is 2.81. The number of imidazole rings is 1. The highest BCUT2D eigenvalue weighted by molar-refractivity contribution is 5.93. The van der Waals surface area contributed by atoms with E-state index in [2.05, 4.69) is 20.4 Å². The van der Waals surface area contributed by atoms with E-state index in [1.807, 2.05) is 6.07 Å². The van der Waals surface area contributed by atoms with E-state index in [4.69, 9.17) is 0 Å². The normalized spacial score (nSPS) is 11.6. The number of halogens is 3. The molecular weight excluding hydrogens is 383 g/mol. The molecule has 0 saturated carbocycles. The van der Waals surface area contributed by atoms with Crippen molar-refractivity contribution in [1.29, 1.82) is 0 Å². The topological polar surface area (TPSA) is 72.2 Å². The van der Waals surface area contributed by atoms with Gasteiger partial charge in [-0.1, -0.05) is 18.2 Å². The molecule has 0 bridgehead atoms. The molecule has 3 heterocycles. The summed E-state index contributed by atoms with van der Waals surface area (Å²) in [5.74, 6) is -0.407. The van der Waals surface area contributed by atoms with Gasteiger partial charge < -0.3 is 5.32 Å². The molecule has 0 atom stereocenters. The molecule has 0 aliphatic carbocycles. The molecule has 0 saturated heterocycles. The van der Waals surface area contributed by atoms with Crippen LogP contribution < -0.4 is 5.32 Å². The van der Waals surface area contributed by atoms with Gasteiger partial charge in [0, 0.05) is 24.5 Å². The van der Waals surface area contributed by atoms with Crippen molar-refractivity contribution in [3.8, 4) is 11.3 Å². The van der Waals surface area contributed by atoms with Crippen LogP contribution in [0.15, 0.2) is 67.1 Å². The summed E-state index contributed by atoms with van der Waals surface area (Å²) in [6, 6.07) is 11.6. The maximum absolute atomic E-state index is 13.0. The van der Waals surface area contributed by atoms with Crippen molar-refractivity contribution in [3.63, 3.8) is 0 Å². The van der Waals surface area contributed by atoms with Crippen LogP contribution in [0.2, 0.25) is 0 Å². The minimum Gasteiger partial charge on any atom is -0.347 e. The number of hydrogen-bond acceptors (Lipinski definition) is 4. The van der Waals surface area contributed by atoms with E-state index < -0.39 is 17.6 Å². The Bertz CT molecular complexity index is 1170. The third kappa shape index (κ3) is 3.93. The number of amides is 1. The summed E-state index contributed by atoms with van der Waals surface area (Å²) < 4.78 is 40.3. The van der Waals surface area contributed by atoms with Crippen molar-refractivity contribution >= 4 is 11.6 Å². The number of nitrogens with one attached hydrogen (secondary N) is 1. The Morgan fingerprint density at radius 2 is 1.93 bits per heavy atom. The van der Waals surface area contributed by atoms with E-state index >= 15 is 0 Å². The van der Waals surface area contributed by atoms with Crippen molar-refractivity contribution in [2.24, 2.45) is 0 Å². The van der Waals surface area contributed by atoms with Crippen LogP contribution in [0.5, 0.6) is 0 Å². The first-order valence-corrected chi connectivity index (χ1v) is 8.61. The average Bonchev–Trinajstić information content (AvgIpc) is 3.15. The molecule has 0 aliphatic heterocycles. The fraction of sp³-hybridized carbons (Fsp3) is 0.100. The van der Waals surface area contributed by atoms with Gasteiger partial charge in [0.25, 0.3) is 5.91 Å². The van der Waals surface area contributed by atoms with Crippen molar-refractivity contribution in [2.45, 2.75) is 12.7 Å². The van der Waals surface area contributed by atoms with Gasteiger partial charge in [-0.15, -0.1) is 0 Å². The number of carbonyl (C=O) groups excluding carboxylic acids is 1. The largest absolute Gasteiger partial charge is 0.416 e. The Labute approximate surface area is 163 Å². The second-order valence-electron chi connectivity index (χ2n) is 6.25. The number of pyridine rings is 1. The number of benzene rings is 1. The van der Waals surface area contributed by atoms with Crippen LogP contribution in [0, 0.1) is 0 Å². The second kappa shape index (κ2) is 7.34. The van der Waals surface area contributed by atoms with Gasteiger partial charge in [-0.2, -0.15) is 18.3 Å². The lowest BCUT2D eigenvalue weighted by Crippen LogP contribution is -2.24. The van der Waals surface area contributed by atoms with Crippen LogP contribution in [0.3, 0.4) is 0 Å². The first-order valence-electron chi connectivity index (χ1n) is 8.61. The zero-order chi connectivity index (χ0) is 20.4. The maximum Gasteiger partial charge on any atom is 0.416 e. The highest BCUT2D eigenvalue weighted by Gasteiger charge is 2.30. The molecule has 29 heavy (non-hydrogen) atoms. The molecule has 0 spiro atoms. The van der Waals surface area contributed by atoms with Gasteiger partial charge in [-0.05, 0) is 35.9 Å². The Hall–Kier alpha value is -3.75. The van der Waals surface area contributed by atoms with Gasteiger partial charge in [-0.25, -0.2) is 9.50 Å². The number of rotatable bonds is 4. The molecule has 1 N–H and O–H groups in total. The highest BCUT2D eigenvalue weighted by atomic mass is 19.4. The first kappa shape index (κ1) is 18.6. The van der Waals surface area contributed by atoms with Gasteiger partial charge in [0.15, 0.2) is 5.65 Å². The predicted octanol–water partition coefficient (Wildman–Crippen LogP) is 3.74. The molecule has 0 radical (unpaired) electrons. The van der Waals surface area contributed by atoms with Gasteiger partial charge in [-0.3, -0.25) is 9.78 Å². The van der Waals surface area contributed by atoms with E-state index in [1.165, 1.54) is 22.8 Å². The molecule has 1 aromatic carbocycles. The lowest BCUT2D eigenvalue weighted by Gasteiger charge is -2.09. The minimum absolute atomic E-state index is 0.178. The molecule has 3 aromatic heterocycles. The summed E-state index contributed by atoms with van der Waals surface area (Å²) in [5, 5.41) is 7.07. The molecule has 0 unspecified atom stereocenters. The predicted molar refractivity (Wildman–Crippen MR) is 98.8 cm³/mol. The monoisotopic (exact) mass is 397 g/mol. The third-order valence-electron chi connectivity index (χ3n) is 4.26. The molecule has 0 aliphatic rings. The van der Waals surface area contributed by atoms with E-state index in [9.17, 15) is 18.0 Å². The van der Waals surface area contributed by atoms with Crippen LogP contribution in [0.4, 0.5) is 13.2 Å². The lowest BCUT2D eigenvalue weighted by molar-refractivity contribution is -0.137. The average molecular weight is 397 g/mol.